The number of hydrogen-bond acceptors (Lipinski definition) is 9. The number of Topliss-reactive ketones (excluding diaryl/α,β-unsaturated/α-hetero) is 1. The predicted octanol–water partition coefficient (Wildman–Crippen LogP) is 5.45. The molecule has 0 spiro atoms. The Balaban J connectivity index is 1.40. The minimum absolute atomic E-state index is 0.0297. The number of carbonyl (C=O) groups excluding carboxylic acids is 2. The van der Waals surface area contributed by atoms with E-state index >= 15 is 0 Å². The van der Waals surface area contributed by atoms with E-state index in [1.807, 2.05) is 0 Å². The first-order valence-corrected chi connectivity index (χ1v) is 11.1. The zero-order valence-corrected chi connectivity index (χ0v) is 19.2. The van der Waals surface area contributed by atoms with Crippen LogP contribution in [0, 0.1) is 5.82 Å². The van der Waals surface area contributed by atoms with Crippen molar-refractivity contribution in [1.29, 1.82) is 0 Å². The van der Waals surface area contributed by atoms with Gasteiger partial charge in [-0.15, -0.1) is 11.3 Å². The molecule has 0 fully saturated rings. The topological polar surface area (TPSA) is 123 Å². The van der Waals surface area contributed by atoms with Gasteiger partial charge in [0.2, 0.25) is 0 Å². The van der Waals surface area contributed by atoms with Crippen LogP contribution in [0.1, 0.15) is 50.0 Å². The number of alkyl halides is 3. The summed E-state index contributed by atoms with van der Waals surface area (Å²) in [6, 6.07) is 5.21. The van der Waals surface area contributed by atoms with Crippen molar-refractivity contribution in [2.24, 2.45) is 0 Å². The number of thiazole rings is 1. The molecule has 1 unspecified atom stereocenters. The molecule has 9 nitrogen and oxygen atoms in total. The number of nitrogens with zero attached hydrogens (tertiary/aromatic N) is 4. The van der Waals surface area contributed by atoms with Gasteiger partial charge in [-0.25, -0.2) is 19.3 Å². The third-order valence-electron chi connectivity index (χ3n) is 4.84. The van der Waals surface area contributed by atoms with Crippen LogP contribution < -0.4 is 10.6 Å². The minimum Gasteiger partial charge on any atom is -0.363 e. The molecular weight excluding hydrogens is 504 g/mol. The molecule has 1 aromatic carbocycles. The lowest BCUT2D eigenvalue weighted by molar-refractivity contribution is -0.139. The molecule has 3 heterocycles. The minimum atomic E-state index is -4.90. The van der Waals surface area contributed by atoms with Crippen molar-refractivity contribution in [3.05, 3.63) is 76.1 Å². The maximum atomic E-state index is 13.5. The highest BCUT2D eigenvalue weighted by Crippen LogP contribution is 2.33. The number of amides is 1. The molecule has 1 amide bonds. The zero-order chi connectivity index (χ0) is 25.9. The summed E-state index contributed by atoms with van der Waals surface area (Å²) in [5.41, 5.74) is -1.54. The summed E-state index contributed by atoms with van der Waals surface area (Å²) >= 11 is 0.989. The van der Waals surface area contributed by atoms with Crippen LogP contribution in [-0.2, 0) is 6.18 Å². The number of rotatable bonds is 8. The Kier molecular flexibility index (Phi) is 7.05. The first kappa shape index (κ1) is 24.9. The van der Waals surface area contributed by atoms with Crippen LogP contribution >= 0.6 is 11.3 Å². The van der Waals surface area contributed by atoms with E-state index in [-0.39, 0.29) is 34.4 Å². The molecule has 0 bridgehead atoms. The highest BCUT2D eigenvalue weighted by Gasteiger charge is 2.34. The van der Waals surface area contributed by atoms with Gasteiger partial charge in [-0.3, -0.25) is 9.59 Å². The molecule has 0 aliphatic carbocycles. The Labute approximate surface area is 204 Å². The maximum absolute atomic E-state index is 13.5. The van der Waals surface area contributed by atoms with Gasteiger partial charge in [-0.05, 0) is 18.2 Å². The van der Waals surface area contributed by atoms with E-state index in [1.165, 1.54) is 24.9 Å². The summed E-state index contributed by atoms with van der Waals surface area (Å²) in [5, 5.41) is 9.34. The van der Waals surface area contributed by atoms with Gasteiger partial charge < -0.3 is 15.2 Å². The Morgan fingerprint density at radius 3 is 2.64 bits per heavy atom. The van der Waals surface area contributed by atoms with Crippen molar-refractivity contribution >= 4 is 40.4 Å². The molecule has 1 atom stereocenters. The smallest absolute Gasteiger partial charge is 0.363 e. The molecule has 3 aromatic heterocycles. The molecule has 0 radical (unpaired) electrons. The van der Waals surface area contributed by atoms with Crippen LogP contribution in [0.3, 0.4) is 0 Å². The van der Waals surface area contributed by atoms with Gasteiger partial charge in [0, 0.05) is 30.2 Å². The van der Waals surface area contributed by atoms with Crippen molar-refractivity contribution in [3.8, 4) is 0 Å². The summed E-state index contributed by atoms with van der Waals surface area (Å²) in [6.07, 6.45) is -1.01. The Hall–Kier alpha value is -4.20. The maximum Gasteiger partial charge on any atom is 0.419 e. The fourth-order valence-electron chi connectivity index (χ4n) is 3.09. The number of aromatic nitrogens is 4. The molecule has 4 aromatic rings. The molecule has 0 saturated carbocycles. The Bertz CT molecular complexity index is 1390. The van der Waals surface area contributed by atoms with Crippen LogP contribution in [-0.4, -0.2) is 31.8 Å². The summed E-state index contributed by atoms with van der Waals surface area (Å²) in [6.45, 7) is 1.74. The van der Waals surface area contributed by atoms with Crippen LogP contribution in [0.4, 0.5) is 34.9 Å². The second-order valence-electron chi connectivity index (χ2n) is 7.54. The standard InChI is InChI=1S/C22H16F4N6O3S/c1-11(6-16(33)15-8-19(29-10-28-15)31-18-4-5-35-32-18)21-27-9-17(36-21)20(34)30-12-2-3-14(23)13(7-12)22(24,25)26/h2-5,7-11H,6H2,1H3,(H,30,34)(H,28,29,31,32). The summed E-state index contributed by atoms with van der Waals surface area (Å²) in [7, 11) is 0. The highest BCUT2D eigenvalue weighted by atomic mass is 32.1. The number of ketones is 1. The van der Waals surface area contributed by atoms with Gasteiger partial charge in [0.05, 0.1) is 16.8 Å². The number of benzene rings is 1. The van der Waals surface area contributed by atoms with Crippen molar-refractivity contribution in [3.63, 3.8) is 0 Å². The van der Waals surface area contributed by atoms with Gasteiger partial charge in [-0.1, -0.05) is 12.1 Å². The highest BCUT2D eigenvalue weighted by molar-refractivity contribution is 7.13. The third kappa shape index (κ3) is 5.89. The fraction of sp³-hybridized carbons (Fsp3) is 0.182. The van der Waals surface area contributed by atoms with E-state index in [9.17, 15) is 27.2 Å². The number of anilines is 3. The molecule has 4 rings (SSSR count). The van der Waals surface area contributed by atoms with Gasteiger partial charge in [0.25, 0.3) is 5.91 Å². The van der Waals surface area contributed by atoms with E-state index in [2.05, 4.69) is 30.7 Å². The quantitative estimate of drug-likeness (QED) is 0.232. The van der Waals surface area contributed by atoms with Crippen molar-refractivity contribution in [2.75, 3.05) is 10.6 Å². The van der Waals surface area contributed by atoms with Gasteiger partial charge in [-0.2, -0.15) is 13.2 Å². The molecule has 36 heavy (non-hydrogen) atoms. The summed E-state index contributed by atoms with van der Waals surface area (Å²) in [5.74, 6) is -2.07. The van der Waals surface area contributed by atoms with Gasteiger partial charge >= 0.3 is 6.18 Å². The van der Waals surface area contributed by atoms with Crippen molar-refractivity contribution < 1.29 is 31.7 Å². The Morgan fingerprint density at radius 2 is 1.92 bits per heavy atom. The second-order valence-corrected chi connectivity index (χ2v) is 8.60. The third-order valence-corrected chi connectivity index (χ3v) is 6.06. The molecule has 186 valence electrons. The first-order chi connectivity index (χ1) is 17.1. The molecule has 0 saturated heterocycles. The second kappa shape index (κ2) is 10.2. The average Bonchev–Trinajstić information content (AvgIpc) is 3.52. The van der Waals surface area contributed by atoms with E-state index in [1.54, 1.807) is 13.0 Å². The van der Waals surface area contributed by atoms with E-state index < -0.39 is 23.5 Å². The van der Waals surface area contributed by atoms with Gasteiger partial charge in [0.1, 0.15) is 34.8 Å². The number of carbonyl (C=O) groups is 2. The molecule has 14 heteroatoms. The summed E-state index contributed by atoms with van der Waals surface area (Å²) < 4.78 is 56.9. The van der Waals surface area contributed by atoms with Crippen LogP contribution in [0.15, 0.2) is 53.6 Å². The Morgan fingerprint density at radius 1 is 1.11 bits per heavy atom. The van der Waals surface area contributed by atoms with Crippen molar-refractivity contribution in [1.82, 2.24) is 20.1 Å². The van der Waals surface area contributed by atoms with Crippen LogP contribution in [0.5, 0.6) is 0 Å². The SMILES string of the molecule is CC(CC(=O)c1cc(Nc2ccon2)ncn1)c1ncc(C(=O)Nc2ccc(F)c(C(F)(F)F)c2)s1. The first-order valence-electron chi connectivity index (χ1n) is 10.3. The zero-order valence-electron chi connectivity index (χ0n) is 18.3. The van der Waals surface area contributed by atoms with Gasteiger partial charge in [0.15, 0.2) is 11.6 Å². The monoisotopic (exact) mass is 520 g/mol. The predicted molar refractivity (Wildman–Crippen MR) is 121 cm³/mol. The number of hydrogen-bond donors (Lipinski definition) is 2. The van der Waals surface area contributed by atoms with Crippen LogP contribution in [0.2, 0.25) is 0 Å². The molecule has 2 N–H and O–H groups in total. The van der Waals surface area contributed by atoms with E-state index in [0.29, 0.717) is 28.8 Å². The lowest BCUT2D eigenvalue weighted by Crippen LogP contribution is -2.13. The lowest BCUT2D eigenvalue weighted by Gasteiger charge is -2.10. The largest absolute Gasteiger partial charge is 0.419 e. The lowest BCUT2D eigenvalue weighted by atomic mass is 10.0. The number of nitrogens with one attached hydrogen (secondary N) is 2. The van der Waals surface area contributed by atoms with Crippen molar-refractivity contribution in [2.45, 2.75) is 25.4 Å². The molecule has 0 aliphatic rings. The number of halogens is 4. The fourth-order valence-corrected chi connectivity index (χ4v) is 3.95. The molecule has 0 aliphatic heterocycles. The normalized spacial score (nSPS) is 12.2. The van der Waals surface area contributed by atoms with E-state index in [4.69, 9.17) is 4.52 Å². The van der Waals surface area contributed by atoms with E-state index in [0.717, 1.165) is 17.4 Å². The average molecular weight is 520 g/mol. The van der Waals surface area contributed by atoms with Crippen LogP contribution in [0.25, 0.3) is 0 Å². The molecular formula is C22H16F4N6O3S. The summed E-state index contributed by atoms with van der Waals surface area (Å²) in [4.78, 5) is 37.5.